The Balaban J connectivity index is 0.00000261. The predicted octanol–water partition coefficient (Wildman–Crippen LogP) is 0.747. The van der Waals surface area contributed by atoms with Crippen molar-refractivity contribution in [2.75, 3.05) is 32.6 Å². The Hall–Kier alpha value is -1.66. The summed E-state index contributed by atoms with van der Waals surface area (Å²) in [4.78, 5) is 16.2. The van der Waals surface area contributed by atoms with E-state index in [0.29, 0.717) is 16.8 Å². The van der Waals surface area contributed by atoms with Crippen molar-refractivity contribution in [1.29, 1.82) is 0 Å². The van der Waals surface area contributed by atoms with Crippen LogP contribution in [0.15, 0.2) is 42.6 Å². The van der Waals surface area contributed by atoms with Gasteiger partial charge in [0.25, 0.3) is 5.91 Å². The fourth-order valence-corrected chi connectivity index (χ4v) is 3.60. The van der Waals surface area contributed by atoms with Gasteiger partial charge < -0.3 is 26.9 Å². The molecule has 0 spiro atoms. The van der Waals surface area contributed by atoms with E-state index in [0.717, 1.165) is 42.8 Å². The second kappa shape index (κ2) is 9.51. The summed E-state index contributed by atoms with van der Waals surface area (Å²) in [5.74, 6) is -0.194. The molecule has 1 N–H and O–H groups in total. The van der Waals surface area contributed by atoms with Crippen molar-refractivity contribution >= 4 is 23.2 Å². The van der Waals surface area contributed by atoms with Crippen LogP contribution in [0.4, 0.5) is 5.69 Å². The lowest BCUT2D eigenvalue weighted by Gasteiger charge is -2.40. The van der Waals surface area contributed by atoms with Crippen molar-refractivity contribution in [2.45, 2.75) is 25.4 Å². The van der Waals surface area contributed by atoms with Gasteiger partial charge in [0.1, 0.15) is 11.7 Å². The highest BCUT2D eigenvalue weighted by Gasteiger charge is 2.30. The van der Waals surface area contributed by atoms with E-state index in [9.17, 15) is 4.79 Å². The summed E-state index contributed by atoms with van der Waals surface area (Å²) < 4.78 is 6.43. The van der Waals surface area contributed by atoms with Crippen LogP contribution in [0.5, 0.6) is 0 Å². The number of halogens is 2. The lowest BCUT2D eigenvalue weighted by molar-refractivity contribution is -0.929. The predicted molar refractivity (Wildman–Crippen MR) is 103 cm³/mol. The van der Waals surface area contributed by atoms with E-state index in [1.165, 1.54) is 11.8 Å². The number of anilines is 1. The number of nitrogens with zero attached hydrogens (tertiary/aromatic N) is 2. The molecule has 2 heterocycles. The number of benzene rings is 1. The van der Waals surface area contributed by atoms with Crippen molar-refractivity contribution in [3.63, 3.8) is 0 Å². The van der Waals surface area contributed by atoms with Gasteiger partial charge in [0.05, 0.1) is 33.4 Å². The van der Waals surface area contributed by atoms with Crippen LogP contribution in [0.1, 0.15) is 28.8 Å². The molecule has 1 saturated heterocycles. The van der Waals surface area contributed by atoms with Crippen molar-refractivity contribution < 1.29 is 26.4 Å². The molecule has 1 aromatic carbocycles. The van der Waals surface area contributed by atoms with Gasteiger partial charge in [-0.15, -0.1) is 0 Å². The van der Waals surface area contributed by atoms with Crippen LogP contribution >= 0.6 is 11.6 Å². The van der Waals surface area contributed by atoms with Crippen molar-refractivity contribution in [3.8, 4) is 0 Å². The zero-order valence-electron chi connectivity index (χ0n) is 15.6. The molecule has 1 aliphatic rings. The average molecular weight is 410 g/mol. The van der Waals surface area contributed by atoms with Gasteiger partial charge in [0.2, 0.25) is 0 Å². The average Bonchev–Trinajstić information content (AvgIpc) is 2.64. The monoisotopic (exact) mass is 409 g/mol. The van der Waals surface area contributed by atoms with E-state index in [1.807, 2.05) is 12.1 Å². The fourth-order valence-electron chi connectivity index (χ4n) is 3.42. The van der Waals surface area contributed by atoms with Crippen LogP contribution in [0, 0.1) is 0 Å². The molecule has 0 radical (unpaired) electrons. The minimum atomic E-state index is -0.194. The normalized spacial score (nSPS) is 15.1. The number of rotatable bonds is 5. The van der Waals surface area contributed by atoms with E-state index in [4.69, 9.17) is 16.3 Å². The fraction of sp³-hybridized carbons (Fsp3) is 0.400. The largest absolute Gasteiger partial charge is 1.00 e. The van der Waals surface area contributed by atoms with E-state index in [-0.39, 0.29) is 18.3 Å². The molecule has 0 bridgehead atoms. The first kappa shape index (κ1) is 21.6. The molecule has 5 nitrogen and oxygen atoms in total. The molecule has 1 aliphatic heterocycles. The van der Waals surface area contributed by atoms with Crippen molar-refractivity contribution in [1.82, 2.24) is 4.98 Å². The number of hydrogen-bond acceptors (Lipinski definition) is 3. The molecule has 0 atom stereocenters. The molecule has 3 rings (SSSR count). The first-order valence-electron chi connectivity index (χ1n) is 8.86. The third-order valence-corrected chi connectivity index (χ3v) is 5.18. The number of ether oxygens (including phenoxy) is 1. The molecule has 7 heteroatoms. The Kier molecular flexibility index (Phi) is 7.62. The lowest BCUT2D eigenvalue weighted by atomic mass is 10.0. The molecule has 0 aliphatic carbocycles. The summed E-state index contributed by atoms with van der Waals surface area (Å²) in [7, 11) is 4.55. The highest BCUT2D eigenvalue weighted by atomic mass is 35.5. The number of amides is 1. The molecular formula is C20H25Cl2N3O2. The van der Waals surface area contributed by atoms with Gasteiger partial charge in [0.15, 0.2) is 0 Å². The zero-order valence-corrected chi connectivity index (χ0v) is 17.1. The number of hydrogen-bond donors (Lipinski definition) is 1. The molecular weight excluding hydrogens is 385 g/mol. The van der Waals surface area contributed by atoms with Gasteiger partial charge in [-0.05, 0) is 24.3 Å². The van der Waals surface area contributed by atoms with Crippen molar-refractivity contribution in [2.24, 2.45) is 0 Å². The SMILES string of the molecule is C[N+](C)(Cc1ccc(NC(=O)c2ccnc(Cl)c2)cc1)C1CCOCC1.[Cl-]. The van der Waals surface area contributed by atoms with Gasteiger partial charge >= 0.3 is 0 Å². The number of nitrogens with one attached hydrogen (secondary N) is 1. The van der Waals surface area contributed by atoms with Gasteiger partial charge in [-0.1, -0.05) is 23.7 Å². The first-order chi connectivity index (χ1) is 12.4. The topological polar surface area (TPSA) is 51.2 Å². The maximum atomic E-state index is 12.3. The van der Waals surface area contributed by atoms with E-state index in [2.05, 4.69) is 36.5 Å². The second-order valence-electron chi connectivity index (χ2n) is 7.30. The summed E-state index contributed by atoms with van der Waals surface area (Å²) in [6.07, 6.45) is 3.74. The Bertz CT molecular complexity index is 760. The van der Waals surface area contributed by atoms with Crippen LogP contribution in [-0.4, -0.2) is 48.7 Å². The molecule has 1 amide bonds. The number of pyridine rings is 1. The molecule has 2 aromatic rings. The minimum Gasteiger partial charge on any atom is -1.00 e. The van der Waals surface area contributed by atoms with Gasteiger partial charge in [-0.25, -0.2) is 4.98 Å². The Morgan fingerprint density at radius 2 is 1.89 bits per heavy atom. The summed E-state index contributed by atoms with van der Waals surface area (Å²) in [5.41, 5.74) is 2.51. The van der Waals surface area contributed by atoms with Crippen LogP contribution < -0.4 is 17.7 Å². The van der Waals surface area contributed by atoms with Gasteiger partial charge in [-0.3, -0.25) is 4.79 Å². The summed E-state index contributed by atoms with van der Waals surface area (Å²) in [5, 5.41) is 3.20. The Morgan fingerprint density at radius 1 is 1.22 bits per heavy atom. The quantitative estimate of drug-likeness (QED) is 0.585. The Morgan fingerprint density at radius 3 is 2.52 bits per heavy atom. The van der Waals surface area contributed by atoms with Crippen molar-refractivity contribution in [3.05, 3.63) is 58.9 Å². The summed E-state index contributed by atoms with van der Waals surface area (Å²) in [6, 6.07) is 11.9. The number of carbonyl (C=O) groups excluding carboxylic acids is 1. The number of aromatic nitrogens is 1. The van der Waals surface area contributed by atoms with Crippen LogP contribution in [-0.2, 0) is 11.3 Å². The molecule has 146 valence electrons. The number of carbonyl (C=O) groups is 1. The molecule has 0 unspecified atom stereocenters. The van der Waals surface area contributed by atoms with Gasteiger partial charge in [0, 0.05) is 35.9 Å². The lowest BCUT2D eigenvalue weighted by Crippen LogP contribution is -3.00. The first-order valence-corrected chi connectivity index (χ1v) is 9.24. The van der Waals surface area contributed by atoms with E-state index in [1.54, 1.807) is 12.1 Å². The van der Waals surface area contributed by atoms with Crippen LogP contribution in [0.3, 0.4) is 0 Å². The Labute approximate surface area is 171 Å². The molecule has 27 heavy (non-hydrogen) atoms. The summed E-state index contributed by atoms with van der Waals surface area (Å²) in [6.45, 7) is 2.67. The minimum absolute atomic E-state index is 0. The summed E-state index contributed by atoms with van der Waals surface area (Å²) >= 11 is 5.84. The molecule has 0 saturated carbocycles. The standard InChI is InChI=1S/C20H24ClN3O2.ClH/c1-24(2,18-8-11-26-12-9-18)14-15-3-5-17(6-4-15)23-20(25)16-7-10-22-19(21)13-16;/h3-7,10,13,18H,8-9,11-12,14H2,1-2H3;1H. The van der Waals surface area contributed by atoms with E-state index < -0.39 is 0 Å². The highest BCUT2D eigenvalue weighted by Crippen LogP contribution is 2.23. The zero-order chi connectivity index (χ0) is 18.6. The van der Waals surface area contributed by atoms with Gasteiger partial charge in [-0.2, -0.15) is 0 Å². The third-order valence-electron chi connectivity index (χ3n) is 4.97. The maximum absolute atomic E-state index is 12.3. The highest BCUT2D eigenvalue weighted by molar-refractivity contribution is 6.29. The van der Waals surface area contributed by atoms with Crippen LogP contribution in [0.25, 0.3) is 0 Å². The third kappa shape index (κ3) is 5.91. The van der Waals surface area contributed by atoms with E-state index >= 15 is 0 Å². The smallest absolute Gasteiger partial charge is 0.255 e. The van der Waals surface area contributed by atoms with Crippen LogP contribution in [0.2, 0.25) is 5.15 Å². The molecule has 1 aromatic heterocycles. The maximum Gasteiger partial charge on any atom is 0.255 e. The number of quaternary nitrogens is 1. The second-order valence-corrected chi connectivity index (χ2v) is 7.69. The molecule has 1 fully saturated rings.